The first-order valence-corrected chi connectivity index (χ1v) is 8.06. The van der Waals surface area contributed by atoms with Gasteiger partial charge in [-0.15, -0.1) is 0 Å². The van der Waals surface area contributed by atoms with Crippen molar-refractivity contribution in [2.24, 2.45) is 0 Å². The van der Waals surface area contributed by atoms with Gasteiger partial charge in [0.2, 0.25) is 10.0 Å². The van der Waals surface area contributed by atoms with E-state index in [2.05, 4.69) is 11.8 Å². The Balaban J connectivity index is 2.17. The van der Waals surface area contributed by atoms with Gasteiger partial charge in [-0.2, -0.15) is 4.31 Å². The van der Waals surface area contributed by atoms with Gasteiger partial charge in [0.05, 0.1) is 6.26 Å². The zero-order chi connectivity index (χ0) is 12.0. The Bertz CT molecular complexity index is 282. The second kappa shape index (κ2) is 6.57. The molecule has 0 aromatic carbocycles. The SMILES string of the molecule is CCCCCCN1CCN(S(C)(=O)=O)CC1. The second-order valence-electron chi connectivity index (χ2n) is 4.56. The number of hydrogen-bond donors (Lipinski definition) is 0. The predicted octanol–water partition coefficient (Wildman–Crippen LogP) is 1.14. The number of sulfonamides is 1. The van der Waals surface area contributed by atoms with E-state index in [1.165, 1.54) is 31.9 Å². The van der Waals surface area contributed by atoms with E-state index >= 15 is 0 Å². The van der Waals surface area contributed by atoms with Crippen LogP contribution in [0.3, 0.4) is 0 Å². The summed E-state index contributed by atoms with van der Waals surface area (Å²) in [5, 5.41) is 0. The standard InChI is InChI=1S/C11H24N2O2S/c1-3-4-5-6-7-12-8-10-13(11-9-12)16(2,14)15/h3-11H2,1-2H3. The lowest BCUT2D eigenvalue weighted by Crippen LogP contribution is -2.48. The smallest absolute Gasteiger partial charge is 0.211 e. The monoisotopic (exact) mass is 248 g/mol. The molecule has 1 aliphatic heterocycles. The Labute approximate surface area is 99.7 Å². The lowest BCUT2D eigenvalue weighted by molar-refractivity contribution is 0.186. The maximum Gasteiger partial charge on any atom is 0.211 e. The van der Waals surface area contributed by atoms with E-state index < -0.39 is 10.0 Å². The van der Waals surface area contributed by atoms with Crippen molar-refractivity contribution in [1.29, 1.82) is 0 Å². The highest BCUT2D eigenvalue weighted by Crippen LogP contribution is 2.08. The van der Waals surface area contributed by atoms with Crippen LogP contribution in [0.4, 0.5) is 0 Å². The first kappa shape index (κ1) is 13.9. The summed E-state index contributed by atoms with van der Waals surface area (Å²) in [5.41, 5.74) is 0. The van der Waals surface area contributed by atoms with E-state index in [-0.39, 0.29) is 0 Å². The summed E-state index contributed by atoms with van der Waals surface area (Å²) in [6, 6.07) is 0. The molecule has 0 bridgehead atoms. The van der Waals surface area contributed by atoms with Crippen LogP contribution in [0.5, 0.6) is 0 Å². The second-order valence-corrected chi connectivity index (χ2v) is 6.55. The first-order valence-electron chi connectivity index (χ1n) is 6.21. The Hall–Kier alpha value is -0.130. The molecular weight excluding hydrogens is 224 g/mol. The number of unbranched alkanes of at least 4 members (excludes halogenated alkanes) is 3. The Kier molecular flexibility index (Phi) is 5.72. The minimum absolute atomic E-state index is 0.659. The van der Waals surface area contributed by atoms with E-state index in [0.29, 0.717) is 13.1 Å². The van der Waals surface area contributed by atoms with Crippen LogP contribution in [-0.2, 0) is 10.0 Å². The Morgan fingerprint density at radius 2 is 1.62 bits per heavy atom. The normalized spacial score (nSPS) is 20.1. The third-order valence-electron chi connectivity index (χ3n) is 3.13. The zero-order valence-electron chi connectivity index (χ0n) is 10.5. The molecule has 16 heavy (non-hydrogen) atoms. The molecule has 0 saturated carbocycles. The molecule has 1 aliphatic rings. The van der Waals surface area contributed by atoms with Gasteiger partial charge in [0.25, 0.3) is 0 Å². The molecule has 0 radical (unpaired) electrons. The topological polar surface area (TPSA) is 40.6 Å². The average Bonchev–Trinajstić information content (AvgIpc) is 2.24. The van der Waals surface area contributed by atoms with Crippen molar-refractivity contribution >= 4 is 10.0 Å². The first-order chi connectivity index (χ1) is 7.54. The maximum absolute atomic E-state index is 11.3. The molecule has 1 fully saturated rings. The number of piperazine rings is 1. The highest BCUT2D eigenvalue weighted by Gasteiger charge is 2.22. The van der Waals surface area contributed by atoms with Gasteiger partial charge in [0.1, 0.15) is 0 Å². The third-order valence-corrected chi connectivity index (χ3v) is 4.43. The van der Waals surface area contributed by atoms with Gasteiger partial charge in [0.15, 0.2) is 0 Å². The summed E-state index contributed by atoms with van der Waals surface area (Å²) in [6.07, 6.45) is 6.41. The van der Waals surface area contributed by atoms with Crippen LogP contribution >= 0.6 is 0 Å². The van der Waals surface area contributed by atoms with Crippen molar-refractivity contribution in [1.82, 2.24) is 9.21 Å². The van der Waals surface area contributed by atoms with Crippen LogP contribution in [0.15, 0.2) is 0 Å². The van der Waals surface area contributed by atoms with E-state index in [0.717, 1.165) is 19.6 Å². The third kappa shape index (κ3) is 4.80. The fraction of sp³-hybridized carbons (Fsp3) is 1.00. The van der Waals surface area contributed by atoms with Gasteiger partial charge >= 0.3 is 0 Å². The van der Waals surface area contributed by atoms with Crippen molar-refractivity contribution in [2.45, 2.75) is 32.6 Å². The molecule has 0 spiro atoms. The van der Waals surface area contributed by atoms with E-state index in [1.807, 2.05) is 0 Å². The van der Waals surface area contributed by atoms with E-state index in [1.54, 1.807) is 4.31 Å². The lowest BCUT2D eigenvalue weighted by Gasteiger charge is -2.33. The maximum atomic E-state index is 11.3. The molecular formula is C11H24N2O2S. The molecule has 1 rings (SSSR count). The Morgan fingerprint density at radius 3 is 2.12 bits per heavy atom. The lowest BCUT2D eigenvalue weighted by atomic mass is 10.2. The Morgan fingerprint density at radius 1 is 1.00 bits per heavy atom. The number of hydrogen-bond acceptors (Lipinski definition) is 3. The van der Waals surface area contributed by atoms with Gasteiger partial charge in [-0.05, 0) is 13.0 Å². The average molecular weight is 248 g/mol. The van der Waals surface area contributed by atoms with E-state index in [4.69, 9.17) is 0 Å². The number of nitrogens with zero attached hydrogens (tertiary/aromatic N) is 2. The van der Waals surface area contributed by atoms with Crippen molar-refractivity contribution in [3.8, 4) is 0 Å². The molecule has 0 unspecified atom stereocenters. The molecule has 4 nitrogen and oxygen atoms in total. The van der Waals surface area contributed by atoms with Crippen molar-refractivity contribution in [3.63, 3.8) is 0 Å². The molecule has 0 N–H and O–H groups in total. The molecule has 0 atom stereocenters. The molecule has 5 heteroatoms. The summed E-state index contributed by atoms with van der Waals surface area (Å²) >= 11 is 0. The molecule has 96 valence electrons. The van der Waals surface area contributed by atoms with Gasteiger partial charge in [-0.3, -0.25) is 0 Å². The minimum atomic E-state index is -2.97. The summed E-state index contributed by atoms with van der Waals surface area (Å²) < 4.78 is 24.2. The van der Waals surface area contributed by atoms with Gasteiger partial charge in [0, 0.05) is 26.2 Å². The molecule has 1 saturated heterocycles. The highest BCUT2D eigenvalue weighted by molar-refractivity contribution is 7.88. The van der Waals surface area contributed by atoms with Crippen LogP contribution in [0, 0.1) is 0 Å². The molecule has 0 amide bonds. The number of rotatable bonds is 6. The highest BCUT2D eigenvalue weighted by atomic mass is 32.2. The van der Waals surface area contributed by atoms with Gasteiger partial charge < -0.3 is 4.90 Å². The van der Waals surface area contributed by atoms with Gasteiger partial charge in [-0.25, -0.2) is 8.42 Å². The quantitative estimate of drug-likeness (QED) is 0.662. The van der Waals surface area contributed by atoms with Crippen LogP contribution in [0.1, 0.15) is 32.6 Å². The van der Waals surface area contributed by atoms with Crippen LogP contribution in [0.25, 0.3) is 0 Å². The summed E-state index contributed by atoms with van der Waals surface area (Å²) in [5.74, 6) is 0. The van der Waals surface area contributed by atoms with Crippen LogP contribution < -0.4 is 0 Å². The summed E-state index contributed by atoms with van der Waals surface area (Å²) in [6.45, 7) is 6.43. The molecule has 1 heterocycles. The van der Waals surface area contributed by atoms with Gasteiger partial charge in [-0.1, -0.05) is 26.2 Å². The van der Waals surface area contributed by atoms with Crippen molar-refractivity contribution in [2.75, 3.05) is 39.0 Å². The molecule has 0 aromatic rings. The predicted molar refractivity (Wildman–Crippen MR) is 67.0 cm³/mol. The fourth-order valence-corrected chi connectivity index (χ4v) is 2.87. The fourth-order valence-electron chi connectivity index (χ4n) is 2.05. The van der Waals surface area contributed by atoms with E-state index in [9.17, 15) is 8.42 Å². The summed E-state index contributed by atoms with van der Waals surface area (Å²) in [7, 11) is -2.97. The van der Waals surface area contributed by atoms with Crippen LogP contribution in [-0.4, -0.2) is 56.6 Å². The molecule has 0 aliphatic carbocycles. The largest absolute Gasteiger partial charge is 0.301 e. The molecule has 0 aromatic heterocycles. The minimum Gasteiger partial charge on any atom is -0.301 e. The van der Waals surface area contributed by atoms with Crippen molar-refractivity contribution < 1.29 is 8.42 Å². The zero-order valence-corrected chi connectivity index (χ0v) is 11.3. The van der Waals surface area contributed by atoms with Crippen LogP contribution in [0.2, 0.25) is 0 Å². The summed E-state index contributed by atoms with van der Waals surface area (Å²) in [4.78, 5) is 2.37. The van der Waals surface area contributed by atoms with Crippen molar-refractivity contribution in [3.05, 3.63) is 0 Å².